The number of aryl methyl sites for hydroxylation is 1. The van der Waals surface area contributed by atoms with E-state index < -0.39 is 0 Å². The van der Waals surface area contributed by atoms with Crippen LogP contribution in [0.4, 0.5) is 5.69 Å². The van der Waals surface area contributed by atoms with Crippen molar-refractivity contribution in [3.63, 3.8) is 0 Å². The lowest BCUT2D eigenvalue weighted by Gasteiger charge is -2.25. The van der Waals surface area contributed by atoms with Gasteiger partial charge in [-0.2, -0.15) is 0 Å². The number of carbonyl (C=O) groups is 1. The van der Waals surface area contributed by atoms with Gasteiger partial charge in [0.2, 0.25) is 5.91 Å². The van der Waals surface area contributed by atoms with Gasteiger partial charge in [0, 0.05) is 12.1 Å². The fourth-order valence-corrected chi connectivity index (χ4v) is 3.66. The Morgan fingerprint density at radius 2 is 2.00 bits per heavy atom. The van der Waals surface area contributed by atoms with Crippen LogP contribution in [0.3, 0.4) is 0 Å². The molecular weight excluding hydrogens is 282 g/mol. The van der Waals surface area contributed by atoms with Crippen molar-refractivity contribution in [3.8, 4) is 0 Å². The number of fused-ring (bicyclic) bond motifs is 1. The third-order valence-corrected chi connectivity index (χ3v) is 4.39. The molecular formula is C18H26ClNO. The Balaban J connectivity index is 2.03. The lowest BCUT2D eigenvalue weighted by atomic mass is 9.83. The summed E-state index contributed by atoms with van der Waals surface area (Å²) in [5.74, 6) is 0.708. The molecule has 1 aliphatic rings. The summed E-state index contributed by atoms with van der Waals surface area (Å²) in [4.78, 5) is 11.4. The summed E-state index contributed by atoms with van der Waals surface area (Å²) in [5.41, 5.74) is 3.67. The first-order valence-corrected chi connectivity index (χ1v) is 8.25. The van der Waals surface area contributed by atoms with Crippen molar-refractivity contribution in [3.05, 3.63) is 29.3 Å². The fraction of sp³-hybridized carbons (Fsp3) is 0.611. The first kappa shape index (κ1) is 16.4. The van der Waals surface area contributed by atoms with Gasteiger partial charge in [-0.25, -0.2) is 0 Å². The van der Waals surface area contributed by atoms with Gasteiger partial charge in [-0.1, -0.05) is 39.8 Å². The highest BCUT2D eigenvalue weighted by Crippen LogP contribution is 2.35. The minimum atomic E-state index is 0.0466. The van der Waals surface area contributed by atoms with Crippen LogP contribution in [0.2, 0.25) is 0 Å². The van der Waals surface area contributed by atoms with Crippen LogP contribution in [0.15, 0.2) is 18.2 Å². The summed E-state index contributed by atoms with van der Waals surface area (Å²) in [5, 5.41) is 2.96. The Hall–Kier alpha value is -1.02. The second-order valence-corrected chi connectivity index (χ2v) is 8.06. The molecule has 2 rings (SSSR count). The number of halogens is 1. The number of amides is 1. The topological polar surface area (TPSA) is 29.1 Å². The van der Waals surface area contributed by atoms with E-state index in [1.807, 2.05) is 12.1 Å². The molecule has 3 heteroatoms. The molecule has 0 radical (unpaired) electrons. The highest BCUT2D eigenvalue weighted by Gasteiger charge is 2.21. The van der Waals surface area contributed by atoms with Gasteiger partial charge in [-0.05, 0) is 47.8 Å². The summed E-state index contributed by atoms with van der Waals surface area (Å²) < 4.78 is 0. The lowest BCUT2D eigenvalue weighted by molar-refractivity contribution is -0.116. The maximum Gasteiger partial charge on any atom is 0.224 e. The monoisotopic (exact) mass is 307 g/mol. The molecule has 1 amide bonds. The molecule has 1 aliphatic heterocycles. The number of benzene rings is 1. The molecule has 116 valence electrons. The van der Waals surface area contributed by atoms with Crippen LogP contribution in [0.25, 0.3) is 0 Å². The number of carbonyl (C=O) groups excluding carboxylic acids is 1. The zero-order valence-corrected chi connectivity index (χ0v) is 14.3. The van der Waals surface area contributed by atoms with Gasteiger partial charge in [0.25, 0.3) is 0 Å². The quantitative estimate of drug-likeness (QED) is 0.750. The molecule has 0 bridgehead atoms. The van der Waals surface area contributed by atoms with Gasteiger partial charge in [-0.15, -0.1) is 11.6 Å². The van der Waals surface area contributed by atoms with Crippen LogP contribution in [0.5, 0.6) is 0 Å². The van der Waals surface area contributed by atoms with Crippen LogP contribution >= 0.6 is 11.6 Å². The molecule has 21 heavy (non-hydrogen) atoms. The minimum Gasteiger partial charge on any atom is -0.326 e. The normalized spacial score (nSPS) is 17.9. The summed E-state index contributed by atoms with van der Waals surface area (Å²) in [6.07, 6.45) is 3.56. The standard InChI is InChI=1S/C18H26ClNO/c1-12(11-18(2,3)4)9-15(19)13-5-7-16-14(10-13)6-8-17(21)20-16/h5,7,10,12,15H,6,8-9,11H2,1-4H3,(H,20,21). The van der Waals surface area contributed by atoms with E-state index in [0.717, 1.165) is 18.5 Å². The Morgan fingerprint density at radius 1 is 1.29 bits per heavy atom. The van der Waals surface area contributed by atoms with Crippen LogP contribution in [-0.4, -0.2) is 5.91 Å². The van der Waals surface area contributed by atoms with Gasteiger partial charge in [0.15, 0.2) is 0 Å². The first-order valence-electron chi connectivity index (χ1n) is 7.81. The highest BCUT2D eigenvalue weighted by molar-refractivity contribution is 6.20. The maximum absolute atomic E-state index is 11.4. The molecule has 2 unspecified atom stereocenters. The molecule has 1 aromatic rings. The van der Waals surface area contributed by atoms with E-state index in [0.29, 0.717) is 17.8 Å². The van der Waals surface area contributed by atoms with Crippen LogP contribution in [-0.2, 0) is 11.2 Å². The predicted molar refractivity (Wildman–Crippen MR) is 89.8 cm³/mol. The maximum atomic E-state index is 11.4. The van der Waals surface area contributed by atoms with Gasteiger partial charge >= 0.3 is 0 Å². The van der Waals surface area contributed by atoms with Crippen molar-refractivity contribution < 1.29 is 4.79 Å². The average Bonchev–Trinajstić information content (AvgIpc) is 2.35. The Labute approximate surface area is 133 Å². The zero-order valence-electron chi connectivity index (χ0n) is 13.5. The average molecular weight is 308 g/mol. The van der Waals surface area contributed by atoms with Crippen molar-refractivity contribution >= 4 is 23.2 Å². The molecule has 1 aromatic carbocycles. The Morgan fingerprint density at radius 3 is 2.67 bits per heavy atom. The second kappa shape index (κ2) is 6.39. The van der Waals surface area contributed by atoms with E-state index in [2.05, 4.69) is 39.1 Å². The van der Waals surface area contributed by atoms with Crippen molar-refractivity contribution in [2.75, 3.05) is 5.32 Å². The van der Waals surface area contributed by atoms with E-state index in [4.69, 9.17) is 11.6 Å². The number of hydrogen-bond donors (Lipinski definition) is 1. The third-order valence-electron chi connectivity index (χ3n) is 3.96. The summed E-state index contributed by atoms with van der Waals surface area (Å²) in [7, 11) is 0. The number of anilines is 1. The molecule has 0 spiro atoms. The fourth-order valence-electron chi connectivity index (χ4n) is 3.22. The van der Waals surface area contributed by atoms with Crippen LogP contribution < -0.4 is 5.32 Å². The van der Waals surface area contributed by atoms with Crippen molar-refractivity contribution in [2.45, 2.75) is 58.8 Å². The molecule has 2 nitrogen and oxygen atoms in total. The number of nitrogens with one attached hydrogen (secondary N) is 1. The zero-order chi connectivity index (χ0) is 15.6. The molecule has 2 atom stereocenters. The second-order valence-electron chi connectivity index (χ2n) is 7.54. The van der Waals surface area contributed by atoms with Crippen molar-refractivity contribution in [1.29, 1.82) is 0 Å². The van der Waals surface area contributed by atoms with Gasteiger partial charge in [0.05, 0.1) is 5.38 Å². The van der Waals surface area contributed by atoms with E-state index in [1.54, 1.807) is 0 Å². The lowest BCUT2D eigenvalue weighted by Crippen LogP contribution is -2.19. The molecule has 0 aromatic heterocycles. The highest BCUT2D eigenvalue weighted by atomic mass is 35.5. The molecule has 0 aliphatic carbocycles. The van der Waals surface area contributed by atoms with E-state index in [-0.39, 0.29) is 11.3 Å². The van der Waals surface area contributed by atoms with E-state index in [1.165, 1.54) is 17.5 Å². The number of rotatable bonds is 4. The van der Waals surface area contributed by atoms with Crippen molar-refractivity contribution in [1.82, 2.24) is 0 Å². The number of alkyl halides is 1. The molecule has 1 N–H and O–H groups in total. The Bertz CT molecular complexity index is 518. The van der Waals surface area contributed by atoms with Gasteiger partial charge in [0.1, 0.15) is 0 Å². The molecule has 0 saturated carbocycles. The molecule has 1 heterocycles. The summed E-state index contributed by atoms with van der Waals surface area (Å²) >= 11 is 6.61. The largest absolute Gasteiger partial charge is 0.326 e. The Kier molecular flexibility index (Phi) is 4.98. The van der Waals surface area contributed by atoms with Gasteiger partial charge < -0.3 is 5.32 Å². The van der Waals surface area contributed by atoms with Crippen LogP contribution in [0, 0.1) is 11.3 Å². The SMILES string of the molecule is CC(CC(Cl)c1ccc2c(c1)CCC(=O)N2)CC(C)(C)C. The first-order chi connectivity index (χ1) is 9.74. The predicted octanol–water partition coefficient (Wildman–Crippen LogP) is 5.31. The van der Waals surface area contributed by atoms with E-state index in [9.17, 15) is 4.79 Å². The third kappa shape index (κ3) is 4.74. The minimum absolute atomic E-state index is 0.0466. The summed E-state index contributed by atoms with van der Waals surface area (Å²) in [6, 6.07) is 6.20. The number of hydrogen-bond acceptors (Lipinski definition) is 1. The van der Waals surface area contributed by atoms with Gasteiger partial charge in [-0.3, -0.25) is 4.79 Å². The molecule has 0 saturated heterocycles. The smallest absolute Gasteiger partial charge is 0.224 e. The summed E-state index contributed by atoms with van der Waals surface area (Å²) in [6.45, 7) is 9.09. The molecule has 0 fully saturated rings. The van der Waals surface area contributed by atoms with E-state index >= 15 is 0 Å². The van der Waals surface area contributed by atoms with Crippen molar-refractivity contribution in [2.24, 2.45) is 11.3 Å². The van der Waals surface area contributed by atoms with Crippen LogP contribution in [0.1, 0.15) is 63.5 Å².